The third-order valence-electron chi connectivity index (χ3n) is 6.08. The zero-order valence-corrected chi connectivity index (χ0v) is 19.1. The Labute approximate surface area is 198 Å². The molecule has 0 aliphatic carbocycles. The van der Waals surface area contributed by atoms with Gasteiger partial charge in [0.2, 0.25) is 0 Å². The summed E-state index contributed by atoms with van der Waals surface area (Å²) in [4.78, 5) is 4.82. The number of anilines is 1. The van der Waals surface area contributed by atoms with Gasteiger partial charge in [0.15, 0.2) is 5.65 Å². The molecule has 0 atom stereocenters. The van der Waals surface area contributed by atoms with Crippen LogP contribution in [0, 0.1) is 18.3 Å². The van der Waals surface area contributed by atoms with Gasteiger partial charge >= 0.3 is 0 Å². The molecule has 5 heteroatoms. The van der Waals surface area contributed by atoms with Gasteiger partial charge in [-0.2, -0.15) is 5.26 Å². The van der Waals surface area contributed by atoms with Crippen molar-refractivity contribution in [2.45, 2.75) is 19.8 Å². The molecule has 0 aliphatic rings. The molecule has 3 aromatic carbocycles. The highest BCUT2D eigenvalue weighted by Gasteiger charge is 2.20. The van der Waals surface area contributed by atoms with E-state index in [9.17, 15) is 5.26 Å². The zero-order chi connectivity index (χ0) is 22.8. The van der Waals surface area contributed by atoms with E-state index in [1.165, 1.54) is 5.56 Å². The van der Waals surface area contributed by atoms with Gasteiger partial charge in [0.05, 0.1) is 16.6 Å². The SMILES string of the molecule is Cc1c(Cc2ccc(Cl)cc2)c(NCCc2ccccc2)n2c(nc3ccccc32)c1C#N. The van der Waals surface area contributed by atoms with Gasteiger partial charge in [0, 0.05) is 23.6 Å². The first-order valence-electron chi connectivity index (χ1n) is 11.0. The Bertz CT molecular complexity index is 1480. The van der Waals surface area contributed by atoms with E-state index in [1.54, 1.807) is 0 Å². The summed E-state index contributed by atoms with van der Waals surface area (Å²) in [5.74, 6) is 0.987. The average molecular weight is 451 g/mol. The van der Waals surface area contributed by atoms with Crippen LogP contribution in [0.4, 0.5) is 5.82 Å². The van der Waals surface area contributed by atoms with Crippen LogP contribution in [0.3, 0.4) is 0 Å². The molecule has 2 heterocycles. The van der Waals surface area contributed by atoms with Crippen molar-refractivity contribution in [3.63, 3.8) is 0 Å². The fourth-order valence-electron chi connectivity index (χ4n) is 4.36. The first kappa shape index (κ1) is 21.1. The van der Waals surface area contributed by atoms with Crippen molar-refractivity contribution in [1.82, 2.24) is 9.38 Å². The maximum absolute atomic E-state index is 10.0. The number of nitrogens with one attached hydrogen (secondary N) is 1. The highest BCUT2D eigenvalue weighted by atomic mass is 35.5. The highest BCUT2D eigenvalue weighted by Crippen LogP contribution is 2.32. The number of para-hydroxylation sites is 2. The number of rotatable bonds is 6. The van der Waals surface area contributed by atoms with Crippen LogP contribution in [0.15, 0.2) is 78.9 Å². The summed E-state index contributed by atoms with van der Waals surface area (Å²) in [6.45, 7) is 2.79. The van der Waals surface area contributed by atoms with E-state index in [0.29, 0.717) is 22.7 Å². The molecule has 33 heavy (non-hydrogen) atoms. The Kier molecular flexibility index (Phi) is 5.73. The van der Waals surface area contributed by atoms with E-state index in [0.717, 1.165) is 46.5 Å². The van der Waals surface area contributed by atoms with E-state index in [2.05, 4.69) is 46.1 Å². The first-order chi connectivity index (χ1) is 16.2. The Hall–Kier alpha value is -3.81. The Morgan fingerprint density at radius 1 is 0.939 bits per heavy atom. The van der Waals surface area contributed by atoms with Crippen molar-refractivity contribution in [2.24, 2.45) is 0 Å². The lowest BCUT2D eigenvalue weighted by Crippen LogP contribution is -2.14. The molecule has 0 aliphatic heterocycles. The van der Waals surface area contributed by atoms with Crippen LogP contribution in [0.25, 0.3) is 16.7 Å². The first-order valence-corrected chi connectivity index (χ1v) is 11.4. The largest absolute Gasteiger partial charge is 0.371 e. The monoisotopic (exact) mass is 450 g/mol. The van der Waals surface area contributed by atoms with Gasteiger partial charge in [0.25, 0.3) is 0 Å². The van der Waals surface area contributed by atoms with Crippen LogP contribution >= 0.6 is 11.6 Å². The summed E-state index contributed by atoms with van der Waals surface area (Å²) in [6.07, 6.45) is 1.59. The van der Waals surface area contributed by atoms with Crippen LogP contribution in [-0.2, 0) is 12.8 Å². The van der Waals surface area contributed by atoms with E-state index >= 15 is 0 Å². The molecule has 0 saturated carbocycles. The third kappa shape index (κ3) is 4.04. The van der Waals surface area contributed by atoms with E-state index in [1.807, 2.05) is 55.5 Å². The van der Waals surface area contributed by atoms with Crippen molar-refractivity contribution in [1.29, 1.82) is 5.26 Å². The Morgan fingerprint density at radius 2 is 1.67 bits per heavy atom. The number of halogens is 1. The van der Waals surface area contributed by atoms with Crippen molar-refractivity contribution in [2.75, 3.05) is 11.9 Å². The molecule has 1 N–H and O–H groups in total. The molecule has 0 saturated heterocycles. The van der Waals surface area contributed by atoms with E-state index in [-0.39, 0.29) is 0 Å². The number of nitrogens with zero attached hydrogens (tertiary/aromatic N) is 3. The minimum atomic E-state index is 0.615. The van der Waals surface area contributed by atoms with Gasteiger partial charge in [-0.1, -0.05) is 66.2 Å². The minimum absolute atomic E-state index is 0.615. The maximum Gasteiger partial charge on any atom is 0.157 e. The normalized spacial score (nSPS) is 11.1. The maximum atomic E-state index is 10.0. The number of aromatic nitrogens is 2. The number of imidazole rings is 1. The summed E-state index contributed by atoms with van der Waals surface area (Å²) < 4.78 is 2.11. The van der Waals surface area contributed by atoms with E-state index in [4.69, 9.17) is 16.6 Å². The molecule has 5 aromatic rings. The average Bonchev–Trinajstić information content (AvgIpc) is 3.22. The second kappa shape index (κ2) is 8.97. The summed E-state index contributed by atoms with van der Waals surface area (Å²) in [7, 11) is 0. The van der Waals surface area contributed by atoms with Crippen LogP contribution < -0.4 is 5.32 Å². The van der Waals surface area contributed by atoms with E-state index < -0.39 is 0 Å². The smallest absolute Gasteiger partial charge is 0.157 e. The summed E-state index contributed by atoms with van der Waals surface area (Å²) in [5, 5.41) is 14.5. The molecule has 0 unspecified atom stereocenters. The lowest BCUT2D eigenvalue weighted by atomic mass is 9.97. The minimum Gasteiger partial charge on any atom is -0.371 e. The van der Waals surface area contributed by atoms with Gasteiger partial charge in [-0.15, -0.1) is 0 Å². The van der Waals surface area contributed by atoms with Crippen LogP contribution in [0.2, 0.25) is 5.02 Å². The second-order valence-corrected chi connectivity index (χ2v) is 8.60. The molecule has 0 fully saturated rings. The van der Waals surface area contributed by atoms with Crippen molar-refractivity contribution in [3.05, 3.63) is 112 Å². The van der Waals surface area contributed by atoms with Crippen LogP contribution in [-0.4, -0.2) is 15.9 Å². The molecule has 162 valence electrons. The highest BCUT2D eigenvalue weighted by molar-refractivity contribution is 6.30. The summed E-state index contributed by atoms with van der Waals surface area (Å²) in [5.41, 5.74) is 7.64. The Balaban J connectivity index is 1.67. The van der Waals surface area contributed by atoms with Crippen molar-refractivity contribution in [3.8, 4) is 6.07 Å². The Morgan fingerprint density at radius 3 is 2.42 bits per heavy atom. The van der Waals surface area contributed by atoms with Crippen LogP contribution in [0.1, 0.15) is 27.8 Å². The number of hydrogen-bond donors (Lipinski definition) is 1. The fraction of sp³-hybridized carbons (Fsp3) is 0.143. The molecular formula is C28H23ClN4. The molecule has 4 nitrogen and oxygen atoms in total. The molecule has 5 rings (SSSR count). The zero-order valence-electron chi connectivity index (χ0n) is 18.3. The van der Waals surface area contributed by atoms with Gasteiger partial charge < -0.3 is 5.32 Å². The third-order valence-corrected chi connectivity index (χ3v) is 6.33. The summed E-state index contributed by atoms with van der Waals surface area (Å²) in [6, 6.07) is 28.8. The number of fused-ring (bicyclic) bond motifs is 3. The second-order valence-electron chi connectivity index (χ2n) is 8.16. The number of pyridine rings is 1. The number of benzene rings is 3. The number of nitriles is 1. The number of hydrogen-bond acceptors (Lipinski definition) is 3. The topological polar surface area (TPSA) is 53.1 Å². The molecular weight excluding hydrogens is 428 g/mol. The lowest BCUT2D eigenvalue weighted by Gasteiger charge is -2.19. The predicted octanol–water partition coefficient (Wildman–Crippen LogP) is 6.57. The molecule has 0 bridgehead atoms. The van der Waals surface area contributed by atoms with Gasteiger partial charge in [0.1, 0.15) is 11.9 Å². The van der Waals surface area contributed by atoms with Gasteiger partial charge in [-0.3, -0.25) is 4.40 Å². The molecule has 0 amide bonds. The lowest BCUT2D eigenvalue weighted by molar-refractivity contribution is 0.979. The molecule has 0 spiro atoms. The van der Waals surface area contributed by atoms with Crippen molar-refractivity contribution < 1.29 is 0 Å². The van der Waals surface area contributed by atoms with Crippen LogP contribution in [0.5, 0.6) is 0 Å². The summed E-state index contributed by atoms with van der Waals surface area (Å²) >= 11 is 6.11. The van der Waals surface area contributed by atoms with Gasteiger partial charge in [-0.05, 0) is 54.3 Å². The van der Waals surface area contributed by atoms with Gasteiger partial charge in [-0.25, -0.2) is 4.98 Å². The van der Waals surface area contributed by atoms with Crippen molar-refractivity contribution >= 4 is 34.1 Å². The fourth-order valence-corrected chi connectivity index (χ4v) is 4.49. The predicted molar refractivity (Wildman–Crippen MR) is 135 cm³/mol. The standard InChI is InChI=1S/C28H23ClN4/c1-19-23(17-21-11-13-22(29)14-12-21)27(31-16-15-20-7-3-2-4-8-20)33-26-10-6-5-9-25(26)32-28(33)24(19)18-30/h2-14,31H,15-17H2,1H3. The molecule has 0 radical (unpaired) electrons. The molecule has 2 aromatic heterocycles. The quantitative estimate of drug-likeness (QED) is 0.318.